The fourth-order valence-electron chi connectivity index (χ4n) is 2.45. The number of anilines is 2. The van der Waals surface area contributed by atoms with Crippen LogP contribution in [0.4, 0.5) is 11.5 Å². The van der Waals surface area contributed by atoms with E-state index in [-0.39, 0.29) is 10.9 Å². The van der Waals surface area contributed by atoms with Crippen molar-refractivity contribution in [1.29, 1.82) is 0 Å². The van der Waals surface area contributed by atoms with E-state index in [2.05, 4.69) is 15.1 Å². The molecule has 2 aromatic rings. The molecule has 2 heterocycles. The summed E-state index contributed by atoms with van der Waals surface area (Å²) in [6.45, 7) is 4.75. The Labute approximate surface area is 124 Å². The summed E-state index contributed by atoms with van der Waals surface area (Å²) in [6, 6.07) is 6.91. The summed E-state index contributed by atoms with van der Waals surface area (Å²) in [7, 11) is -3.60. The van der Waals surface area contributed by atoms with Gasteiger partial charge in [0.15, 0.2) is 0 Å². The number of nitrogens with one attached hydrogen (secondary N) is 2. The topological polar surface area (TPSA) is 76.0 Å². The van der Waals surface area contributed by atoms with Crippen LogP contribution in [-0.2, 0) is 16.4 Å². The van der Waals surface area contributed by atoms with Crippen molar-refractivity contribution in [2.45, 2.75) is 31.2 Å². The summed E-state index contributed by atoms with van der Waals surface area (Å²) in [5, 5.41) is 7.35. The van der Waals surface area contributed by atoms with Gasteiger partial charge < -0.3 is 5.32 Å². The van der Waals surface area contributed by atoms with Crippen molar-refractivity contribution in [2.24, 2.45) is 0 Å². The van der Waals surface area contributed by atoms with E-state index in [0.29, 0.717) is 5.82 Å². The van der Waals surface area contributed by atoms with E-state index in [0.717, 1.165) is 24.2 Å². The van der Waals surface area contributed by atoms with Crippen molar-refractivity contribution in [3.63, 3.8) is 0 Å². The highest BCUT2D eigenvalue weighted by atomic mass is 32.2. The zero-order valence-corrected chi connectivity index (χ0v) is 12.8. The maximum Gasteiger partial charge on any atom is 0.263 e. The van der Waals surface area contributed by atoms with Crippen LogP contribution in [0, 0.1) is 0 Å². The van der Waals surface area contributed by atoms with Crippen molar-refractivity contribution >= 4 is 21.5 Å². The quantitative estimate of drug-likeness (QED) is 0.908. The van der Waals surface area contributed by atoms with Crippen LogP contribution in [0.5, 0.6) is 0 Å². The molecule has 7 heteroatoms. The zero-order valence-electron chi connectivity index (χ0n) is 12.0. The Morgan fingerprint density at radius 3 is 2.90 bits per heavy atom. The summed E-state index contributed by atoms with van der Waals surface area (Å²) in [5.74, 6) is 0.476. The molecule has 0 fully saturated rings. The first kappa shape index (κ1) is 13.9. The molecule has 6 nitrogen and oxygen atoms in total. The van der Waals surface area contributed by atoms with E-state index in [1.807, 2.05) is 19.9 Å². The van der Waals surface area contributed by atoms with Crippen LogP contribution in [0.25, 0.3) is 0 Å². The fourth-order valence-corrected chi connectivity index (χ4v) is 3.55. The molecule has 112 valence electrons. The second-order valence-corrected chi connectivity index (χ2v) is 7.04. The van der Waals surface area contributed by atoms with Gasteiger partial charge in [-0.25, -0.2) is 13.1 Å². The Hall–Kier alpha value is -2.02. The second kappa shape index (κ2) is 5.07. The van der Waals surface area contributed by atoms with Gasteiger partial charge in [0.2, 0.25) is 0 Å². The summed E-state index contributed by atoms with van der Waals surface area (Å²) in [4.78, 5) is 0.279. The molecular weight excluding hydrogens is 288 g/mol. The molecule has 1 aromatic heterocycles. The lowest BCUT2D eigenvalue weighted by Gasteiger charge is -2.13. The summed E-state index contributed by atoms with van der Waals surface area (Å²) in [6.07, 6.45) is 2.44. The number of rotatable bonds is 4. The minimum absolute atomic E-state index is 0.0851. The van der Waals surface area contributed by atoms with E-state index in [1.165, 1.54) is 0 Å². The van der Waals surface area contributed by atoms with Crippen molar-refractivity contribution in [3.05, 3.63) is 36.0 Å². The SMILES string of the molecule is CC(C)n1nccc1NS(=O)(=O)c1ccc2c(c1)CCN2. The summed E-state index contributed by atoms with van der Waals surface area (Å²) >= 11 is 0. The molecule has 0 spiro atoms. The average molecular weight is 306 g/mol. The van der Waals surface area contributed by atoms with Gasteiger partial charge in [-0.2, -0.15) is 5.10 Å². The number of aromatic nitrogens is 2. The standard InChI is InChI=1S/C14H18N4O2S/c1-10(2)18-14(6-8-16-18)17-21(19,20)12-3-4-13-11(9-12)5-7-15-13/h3-4,6,8-10,15,17H,5,7H2,1-2H3. The molecule has 21 heavy (non-hydrogen) atoms. The first-order valence-corrected chi connectivity index (χ1v) is 8.39. The van der Waals surface area contributed by atoms with E-state index < -0.39 is 10.0 Å². The molecule has 0 radical (unpaired) electrons. The monoisotopic (exact) mass is 306 g/mol. The number of hydrogen-bond donors (Lipinski definition) is 2. The number of hydrogen-bond acceptors (Lipinski definition) is 4. The lowest BCUT2D eigenvalue weighted by Crippen LogP contribution is -2.17. The van der Waals surface area contributed by atoms with Crippen LogP contribution in [0.1, 0.15) is 25.5 Å². The minimum atomic E-state index is -3.60. The summed E-state index contributed by atoms with van der Waals surface area (Å²) in [5.41, 5.74) is 2.05. The van der Waals surface area contributed by atoms with Crippen LogP contribution in [0.15, 0.2) is 35.4 Å². The molecule has 0 aliphatic carbocycles. The number of fused-ring (bicyclic) bond motifs is 1. The van der Waals surface area contributed by atoms with Gasteiger partial charge in [-0.05, 0) is 44.0 Å². The molecule has 1 aromatic carbocycles. The van der Waals surface area contributed by atoms with Gasteiger partial charge >= 0.3 is 0 Å². The molecule has 1 aliphatic heterocycles. The molecule has 2 N–H and O–H groups in total. The highest BCUT2D eigenvalue weighted by Gasteiger charge is 2.20. The van der Waals surface area contributed by atoms with Crippen LogP contribution in [0.3, 0.4) is 0 Å². The van der Waals surface area contributed by atoms with Crippen LogP contribution < -0.4 is 10.0 Å². The molecule has 3 rings (SSSR count). The van der Waals surface area contributed by atoms with Crippen LogP contribution in [-0.4, -0.2) is 24.7 Å². The fraction of sp³-hybridized carbons (Fsp3) is 0.357. The molecule has 0 bridgehead atoms. The smallest absolute Gasteiger partial charge is 0.263 e. The highest BCUT2D eigenvalue weighted by Crippen LogP contribution is 2.26. The van der Waals surface area contributed by atoms with Gasteiger partial charge in [0, 0.05) is 24.3 Å². The highest BCUT2D eigenvalue weighted by molar-refractivity contribution is 7.92. The Bertz CT molecular complexity index is 765. The average Bonchev–Trinajstić information content (AvgIpc) is 3.05. The van der Waals surface area contributed by atoms with Crippen molar-refractivity contribution in [1.82, 2.24) is 9.78 Å². The Kier molecular flexibility index (Phi) is 3.36. The van der Waals surface area contributed by atoms with E-state index in [1.54, 1.807) is 29.1 Å². The predicted octanol–water partition coefficient (Wildman–Crippen LogP) is 2.23. The van der Waals surface area contributed by atoms with Crippen molar-refractivity contribution in [3.8, 4) is 0 Å². The molecule has 0 unspecified atom stereocenters. The lowest BCUT2D eigenvalue weighted by molar-refractivity contribution is 0.539. The van der Waals surface area contributed by atoms with Crippen molar-refractivity contribution in [2.75, 3.05) is 16.6 Å². The molecule has 0 saturated carbocycles. The van der Waals surface area contributed by atoms with Gasteiger partial charge in [-0.1, -0.05) is 0 Å². The van der Waals surface area contributed by atoms with E-state index >= 15 is 0 Å². The molecule has 0 amide bonds. The van der Waals surface area contributed by atoms with E-state index in [9.17, 15) is 8.42 Å². The third-order valence-corrected chi connectivity index (χ3v) is 4.85. The molecular formula is C14H18N4O2S. The Morgan fingerprint density at radius 2 is 2.14 bits per heavy atom. The minimum Gasteiger partial charge on any atom is -0.384 e. The first-order valence-electron chi connectivity index (χ1n) is 6.90. The molecule has 0 saturated heterocycles. The number of benzene rings is 1. The third kappa shape index (κ3) is 2.61. The third-order valence-electron chi connectivity index (χ3n) is 3.50. The Balaban J connectivity index is 1.92. The number of nitrogens with zero attached hydrogens (tertiary/aromatic N) is 2. The van der Waals surface area contributed by atoms with Gasteiger partial charge in [0.25, 0.3) is 10.0 Å². The zero-order chi connectivity index (χ0) is 15.0. The van der Waals surface area contributed by atoms with Gasteiger partial charge in [0.1, 0.15) is 5.82 Å². The maximum atomic E-state index is 12.5. The van der Waals surface area contributed by atoms with Crippen LogP contribution in [0.2, 0.25) is 0 Å². The van der Waals surface area contributed by atoms with Gasteiger partial charge in [-0.3, -0.25) is 4.72 Å². The normalized spacial score (nSPS) is 14.0. The largest absolute Gasteiger partial charge is 0.384 e. The lowest BCUT2D eigenvalue weighted by atomic mass is 10.2. The van der Waals surface area contributed by atoms with Gasteiger partial charge in [0.05, 0.1) is 11.1 Å². The molecule has 0 atom stereocenters. The molecule has 1 aliphatic rings. The van der Waals surface area contributed by atoms with E-state index in [4.69, 9.17) is 0 Å². The predicted molar refractivity (Wildman–Crippen MR) is 82.1 cm³/mol. The van der Waals surface area contributed by atoms with Crippen molar-refractivity contribution < 1.29 is 8.42 Å². The maximum absolute atomic E-state index is 12.5. The van der Waals surface area contributed by atoms with Gasteiger partial charge in [-0.15, -0.1) is 0 Å². The Morgan fingerprint density at radius 1 is 1.33 bits per heavy atom. The first-order chi connectivity index (χ1) is 9.97. The summed E-state index contributed by atoms with van der Waals surface area (Å²) < 4.78 is 29.3. The van der Waals surface area contributed by atoms with Crippen LogP contribution >= 0.6 is 0 Å². The second-order valence-electron chi connectivity index (χ2n) is 5.36. The number of sulfonamides is 1.